The molecular weight excluding hydrogens is 206 g/mol. The summed E-state index contributed by atoms with van der Waals surface area (Å²) < 4.78 is 1.34. The van der Waals surface area contributed by atoms with E-state index in [0.29, 0.717) is 0 Å². The summed E-state index contributed by atoms with van der Waals surface area (Å²) in [6, 6.07) is 8.46. The predicted molar refractivity (Wildman–Crippen MR) is 65.2 cm³/mol. The number of nitrogens with one attached hydrogen (secondary N) is 1. The van der Waals surface area contributed by atoms with Gasteiger partial charge in [-0.05, 0) is 35.4 Å². The molecule has 0 saturated heterocycles. The quantitative estimate of drug-likeness (QED) is 0.760. The summed E-state index contributed by atoms with van der Waals surface area (Å²) in [5.74, 6) is 0. The summed E-state index contributed by atoms with van der Waals surface area (Å²) in [7, 11) is 0. The van der Waals surface area contributed by atoms with E-state index in [-0.39, 0.29) is 6.61 Å². The average molecular weight is 221 g/mol. The van der Waals surface area contributed by atoms with Crippen LogP contribution in [-0.4, -0.2) is 18.3 Å². The minimum absolute atomic E-state index is 0.261. The first-order valence-corrected chi connectivity index (χ1v) is 6.06. The van der Waals surface area contributed by atoms with Crippen LogP contribution in [0.15, 0.2) is 29.6 Å². The van der Waals surface area contributed by atoms with E-state index in [4.69, 9.17) is 5.11 Å². The van der Waals surface area contributed by atoms with Crippen LogP contribution in [0.25, 0.3) is 10.1 Å². The van der Waals surface area contributed by atoms with E-state index in [1.165, 1.54) is 15.6 Å². The van der Waals surface area contributed by atoms with Gasteiger partial charge in [0.1, 0.15) is 0 Å². The summed E-state index contributed by atoms with van der Waals surface area (Å²) >= 11 is 1.79. The van der Waals surface area contributed by atoms with Gasteiger partial charge in [0, 0.05) is 17.9 Å². The Balaban J connectivity index is 2.02. The van der Waals surface area contributed by atoms with E-state index in [0.717, 1.165) is 19.5 Å². The number of rotatable bonds is 5. The molecule has 0 aliphatic rings. The summed E-state index contributed by atoms with van der Waals surface area (Å²) in [6.45, 7) is 2.03. The number of hydrogen-bond acceptors (Lipinski definition) is 3. The van der Waals surface area contributed by atoms with Crippen LogP contribution in [0, 0.1) is 0 Å². The van der Waals surface area contributed by atoms with E-state index < -0.39 is 0 Å². The normalized spacial score (nSPS) is 11.0. The van der Waals surface area contributed by atoms with E-state index in [1.54, 1.807) is 11.3 Å². The monoisotopic (exact) mass is 221 g/mol. The molecule has 15 heavy (non-hydrogen) atoms. The first-order valence-electron chi connectivity index (χ1n) is 5.18. The van der Waals surface area contributed by atoms with Crippen molar-refractivity contribution in [2.24, 2.45) is 0 Å². The smallest absolute Gasteiger partial charge is 0.0443 e. The van der Waals surface area contributed by atoms with Crippen LogP contribution in [0.4, 0.5) is 0 Å². The maximum Gasteiger partial charge on any atom is 0.0443 e. The second-order valence-electron chi connectivity index (χ2n) is 3.51. The van der Waals surface area contributed by atoms with Gasteiger partial charge in [-0.2, -0.15) is 0 Å². The molecule has 0 amide bonds. The molecule has 2 nitrogen and oxygen atoms in total. The molecule has 2 N–H and O–H groups in total. The van der Waals surface area contributed by atoms with E-state index in [2.05, 4.69) is 35.0 Å². The predicted octanol–water partition coefficient (Wildman–Crippen LogP) is 2.37. The number of hydrogen-bond donors (Lipinski definition) is 2. The molecule has 0 aliphatic carbocycles. The first kappa shape index (κ1) is 10.6. The van der Waals surface area contributed by atoms with Gasteiger partial charge in [-0.3, -0.25) is 0 Å². The molecule has 0 radical (unpaired) electrons. The zero-order valence-electron chi connectivity index (χ0n) is 8.57. The third kappa shape index (κ3) is 2.56. The summed E-state index contributed by atoms with van der Waals surface area (Å²) in [5.41, 5.74) is 1.36. The lowest BCUT2D eigenvalue weighted by molar-refractivity contribution is 0.286. The van der Waals surface area contributed by atoms with Crippen LogP contribution in [0.2, 0.25) is 0 Å². The van der Waals surface area contributed by atoms with Gasteiger partial charge in [-0.25, -0.2) is 0 Å². The molecule has 2 rings (SSSR count). The average Bonchev–Trinajstić information content (AvgIpc) is 2.68. The molecule has 1 aromatic carbocycles. The third-order valence-corrected chi connectivity index (χ3v) is 3.40. The number of fused-ring (bicyclic) bond motifs is 1. The summed E-state index contributed by atoms with van der Waals surface area (Å²) in [5, 5.41) is 15.5. The van der Waals surface area contributed by atoms with Crippen molar-refractivity contribution in [1.82, 2.24) is 5.32 Å². The Kier molecular flexibility index (Phi) is 3.72. The molecule has 1 aromatic heterocycles. The first-order chi connectivity index (χ1) is 7.42. The SMILES string of the molecule is OCCCNCc1csc2ccccc12. The Morgan fingerprint density at radius 1 is 1.27 bits per heavy atom. The lowest BCUT2D eigenvalue weighted by atomic mass is 10.2. The van der Waals surface area contributed by atoms with Gasteiger partial charge in [-0.1, -0.05) is 18.2 Å². The molecule has 0 atom stereocenters. The topological polar surface area (TPSA) is 32.3 Å². The molecule has 0 saturated carbocycles. The zero-order chi connectivity index (χ0) is 10.5. The van der Waals surface area contributed by atoms with Crippen molar-refractivity contribution in [2.45, 2.75) is 13.0 Å². The number of thiophene rings is 1. The maximum absolute atomic E-state index is 8.66. The van der Waals surface area contributed by atoms with Crippen molar-refractivity contribution < 1.29 is 5.11 Å². The molecule has 3 heteroatoms. The standard InChI is InChI=1S/C12H15NOS/c14-7-3-6-13-8-10-9-15-12-5-2-1-4-11(10)12/h1-2,4-5,9,13-14H,3,6-8H2. The summed E-state index contributed by atoms with van der Waals surface area (Å²) in [6.07, 6.45) is 0.821. The van der Waals surface area contributed by atoms with Crippen LogP contribution in [0.5, 0.6) is 0 Å². The van der Waals surface area contributed by atoms with Gasteiger partial charge in [0.2, 0.25) is 0 Å². The second-order valence-corrected chi connectivity index (χ2v) is 4.42. The molecule has 0 fully saturated rings. The fourth-order valence-corrected chi connectivity index (χ4v) is 2.56. The Morgan fingerprint density at radius 2 is 2.13 bits per heavy atom. The lowest BCUT2D eigenvalue weighted by Gasteiger charge is -2.02. The molecule has 2 aromatic rings. The zero-order valence-corrected chi connectivity index (χ0v) is 9.39. The van der Waals surface area contributed by atoms with Crippen molar-refractivity contribution in [2.75, 3.05) is 13.2 Å². The molecule has 0 unspecified atom stereocenters. The Bertz CT molecular complexity index is 424. The van der Waals surface area contributed by atoms with Crippen LogP contribution in [0.3, 0.4) is 0 Å². The number of benzene rings is 1. The molecule has 1 heterocycles. The second kappa shape index (κ2) is 5.26. The van der Waals surface area contributed by atoms with E-state index in [9.17, 15) is 0 Å². The Morgan fingerprint density at radius 3 is 3.00 bits per heavy atom. The molecular formula is C12H15NOS. The lowest BCUT2D eigenvalue weighted by Crippen LogP contribution is -2.15. The number of aliphatic hydroxyl groups is 1. The van der Waals surface area contributed by atoms with Crippen LogP contribution >= 0.6 is 11.3 Å². The largest absolute Gasteiger partial charge is 0.396 e. The highest BCUT2D eigenvalue weighted by atomic mass is 32.1. The highest BCUT2D eigenvalue weighted by Gasteiger charge is 2.01. The van der Waals surface area contributed by atoms with Gasteiger partial charge >= 0.3 is 0 Å². The fourth-order valence-electron chi connectivity index (χ4n) is 1.60. The van der Waals surface area contributed by atoms with Crippen molar-refractivity contribution in [3.05, 3.63) is 35.2 Å². The molecule has 0 aliphatic heterocycles. The Labute approximate surface area is 93.6 Å². The van der Waals surface area contributed by atoms with Crippen LogP contribution in [-0.2, 0) is 6.54 Å². The maximum atomic E-state index is 8.66. The van der Waals surface area contributed by atoms with Crippen molar-refractivity contribution in [1.29, 1.82) is 0 Å². The molecule has 80 valence electrons. The van der Waals surface area contributed by atoms with Gasteiger partial charge in [0.25, 0.3) is 0 Å². The molecule has 0 bridgehead atoms. The van der Waals surface area contributed by atoms with Gasteiger partial charge < -0.3 is 10.4 Å². The fraction of sp³-hybridized carbons (Fsp3) is 0.333. The van der Waals surface area contributed by atoms with Gasteiger partial charge in [0.15, 0.2) is 0 Å². The third-order valence-electron chi connectivity index (χ3n) is 2.39. The van der Waals surface area contributed by atoms with Gasteiger partial charge in [-0.15, -0.1) is 11.3 Å². The van der Waals surface area contributed by atoms with E-state index >= 15 is 0 Å². The van der Waals surface area contributed by atoms with Crippen molar-refractivity contribution in [3.63, 3.8) is 0 Å². The summed E-state index contributed by atoms with van der Waals surface area (Å²) in [4.78, 5) is 0. The Hall–Kier alpha value is -0.900. The highest BCUT2D eigenvalue weighted by molar-refractivity contribution is 7.17. The van der Waals surface area contributed by atoms with Crippen LogP contribution < -0.4 is 5.32 Å². The minimum atomic E-state index is 0.261. The minimum Gasteiger partial charge on any atom is -0.396 e. The van der Waals surface area contributed by atoms with Crippen molar-refractivity contribution in [3.8, 4) is 0 Å². The highest BCUT2D eigenvalue weighted by Crippen LogP contribution is 2.25. The van der Waals surface area contributed by atoms with Gasteiger partial charge in [0.05, 0.1) is 0 Å². The van der Waals surface area contributed by atoms with Crippen molar-refractivity contribution >= 4 is 21.4 Å². The number of aliphatic hydroxyl groups excluding tert-OH is 1. The molecule has 0 spiro atoms. The van der Waals surface area contributed by atoms with E-state index in [1.807, 2.05) is 0 Å². The van der Waals surface area contributed by atoms with Crippen LogP contribution in [0.1, 0.15) is 12.0 Å².